The average Bonchev–Trinajstić information content (AvgIpc) is 2.38. The van der Waals surface area contributed by atoms with Gasteiger partial charge in [0.2, 0.25) is 0 Å². The Kier molecular flexibility index (Phi) is 4.33. The number of rotatable bonds is 4. The number of halogens is 2. The van der Waals surface area contributed by atoms with Gasteiger partial charge in [0.05, 0.1) is 0 Å². The molecule has 0 amide bonds. The molecule has 0 fully saturated rings. The lowest BCUT2D eigenvalue weighted by Gasteiger charge is -2.07. The largest absolute Gasteiger partial charge is 0.326 e. The van der Waals surface area contributed by atoms with E-state index in [1.54, 1.807) is 18.2 Å². The van der Waals surface area contributed by atoms with Crippen molar-refractivity contribution in [3.63, 3.8) is 0 Å². The van der Waals surface area contributed by atoms with Crippen LogP contribution < -0.4 is 5.73 Å². The predicted molar refractivity (Wildman–Crippen MR) is 70.3 cm³/mol. The molecule has 1 nitrogen and oxygen atoms in total. The summed E-state index contributed by atoms with van der Waals surface area (Å²) in [6, 6.07) is 10.9. The maximum atomic E-state index is 13.2. The quantitative estimate of drug-likeness (QED) is 0.853. The minimum atomic E-state index is -0.262. The van der Waals surface area contributed by atoms with Gasteiger partial charge in [-0.3, -0.25) is 0 Å². The van der Waals surface area contributed by atoms with E-state index in [4.69, 9.17) is 5.73 Å². The third-order valence-corrected chi connectivity index (χ3v) is 3.66. The second-order valence-electron chi connectivity index (χ2n) is 3.86. The number of nitrogens with two attached hydrogens (primary N) is 1. The Morgan fingerprint density at radius 3 is 2.22 bits per heavy atom. The van der Waals surface area contributed by atoms with Crippen molar-refractivity contribution in [2.75, 3.05) is 0 Å². The van der Waals surface area contributed by atoms with Crippen LogP contribution in [0.4, 0.5) is 8.78 Å². The van der Waals surface area contributed by atoms with Gasteiger partial charge in [0, 0.05) is 17.2 Å². The van der Waals surface area contributed by atoms with Crippen molar-refractivity contribution in [3.8, 4) is 0 Å². The first-order valence-electron chi connectivity index (χ1n) is 5.55. The highest BCUT2D eigenvalue weighted by atomic mass is 32.2. The van der Waals surface area contributed by atoms with Gasteiger partial charge in [-0.1, -0.05) is 6.07 Å². The minimum absolute atomic E-state index is 0.257. The molecule has 94 valence electrons. The van der Waals surface area contributed by atoms with Gasteiger partial charge < -0.3 is 5.73 Å². The molecule has 4 heteroatoms. The summed E-state index contributed by atoms with van der Waals surface area (Å²) in [5, 5.41) is 0. The lowest BCUT2D eigenvalue weighted by atomic mass is 10.1. The van der Waals surface area contributed by atoms with Gasteiger partial charge in [-0.2, -0.15) is 0 Å². The van der Waals surface area contributed by atoms with Crippen molar-refractivity contribution in [2.24, 2.45) is 5.73 Å². The van der Waals surface area contributed by atoms with Crippen molar-refractivity contribution in [1.29, 1.82) is 0 Å². The number of benzene rings is 2. The van der Waals surface area contributed by atoms with Crippen molar-refractivity contribution >= 4 is 11.8 Å². The van der Waals surface area contributed by atoms with Crippen LogP contribution in [0.5, 0.6) is 0 Å². The number of thioether (sulfide) groups is 1. The first-order valence-corrected chi connectivity index (χ1v) is 6.53. The molecule has 2 aromatic rings. The molecule has 0 spiro atoms. The monoisotopic (exact) mass is 265 g/mol. The van der Waals surface area contributed by atoms with Crippen molar-refractivity contribution in [1.82, 2.24) is 0 Å². The summed E-state index contributed by atoms with van der Waals surface area (Å²) >= 11 is 1.53. The average molecular weight is 265 g/mol. The Morgan fingerprint density at radius 2 is 1.56 bits per heavy atom. The summed E-state index contributed by atoms with van der Waals surface area (Å²) in [4.78, 5) is 0.948. The summed E-state index contributed by atoms with van der Waals surface area (Å²) in [6.07, 6.45) is 0. The van der Waals surface area contributed by atoms with Crippen LogP contribution in [0, 0.1) is 11.6 Å². The van der Waals surface area contributed by atoms with Gasteiger partial charge in [0.15, 0.2) is 0 Å². The number of hydrogen-bond donors (Lipinski definition) is 1. The van der Waals surface area contributed by atoms with Gasteiger partial charge in [-0.25, -0.2) is 8.78 Å². The van der Waals surface area contributed by atoms with E-state index >= 15 is 0 Å². The minimum Gasteiger partial charge on any atom is -0.326 e. The molecule has 0 aliphatic carbocycles. The van der Waals surface area contributed by atoms with E-state index in [-0.39, 0.29) is 11.6 Å². The molecule has 2 aromatic carbocycles. The summed E-state index contributed by atoms with van der Waals surface area (Å²) < 4.78 is 25.9. The zero-order chi connectivity index (χ0) is 13.0. The van der Waals surface area contributed by atoms with Crippen LogP contribution in [-0.2, 0) is 12.3 Å². The fourth-order valence-corrected chi connectivity index (χ4v) is 2.54. The molecule has 0 bridgehead atoms. The molecule has 0 aliphatic heterocycles. The van der Waals surface area contributed by atoms with Crippen LogP contribution in [0.3, 0.4) is 0 Å². The zero-order valence-electron chi connectivity index (χ0n) is 9.70. The van der Waals surface area contributed by atoms with Crippen molar-refractivity contribution < 1.29 is 8.78 Å². The molecule has 0 aromatic heterocycles. The van der Waals surface area contributed by atoms with Crippen molar-refractivity contribution in [3.05, 3.63) is 65.2 Å². The lowest BCUT2D eigenvalue weighted by Crippen LogP contribution is -2.01. The summed E-state index contributed by atoms with van der Waals surface area (Å²) in [6.45, 7) is 0.388. The SMILES string of the molecule is NCc1ccc(F)cc1CSc1ccc(F)cc1. The Bertz CT molecular complexity index is 526. The number of hydrogen-bond acceptors (Lipinski definition) is 2. The van der Waals surface area contributed by atoms with Gasteiger partial charge in [-0.05, 0) is 47.5 Å². The first kappa shape index (κ1) is 13.1. The highest BCUT2D eigenvalue weighted by Crippen LogP contribution is 2.25. The summed E-state index contributed by atoms with van der Waals surface area (Å²) in [5.41, 5.74) is 7.43. The molecule has 0 unspecified atom stereocenters. The van der Waals surface area contributed by atoms with Crippen LogP contribution in [-0.4, -0.2) is 0 Å². The summed E-state index contributed by atoms with van der Waals surface area (Å²) in [7, 11) is 0. The van der Waals surface area contributed by atoms with Crippen LogP contribution in [0.25, 0.3) is 0 Å². The molecule has 18 heavy (non-hydrogen) atoms. The molecular weight excluding hydrogens is 252 g/mol. The van der Waals surface area contributed by atoms with E-state index < -0.39 is 0 Å². The fraction of sp³-hybridized carbons (Fsp3) is 0.143. The molecule has 0 radical (unpaired) electrons. The molecule has 0 heterocycles. The molecule has 0 aliphatic rings. The third kappa shape index (κ3) is 3.31. The Morgan fingerprint density at radius 1 is 0.889 bits per heavy atom. The van der Waals surface area contributed by atoms with Gasteiger partial charge in [0.1, 0.15) is 11.6 Å². The van der Waals surface area contributed by atoms with E-state index in [1.165, 1.54) is 36.0 Å². The third-order valence-electron chi connectivity index (χ3n) is 2.60. The summed E-state index contributed by atoms with van der Waals surface area (Å²) in [5.74, 6) is 0.102. The predicted octanol–water partition coefficient (Wildman–Crippen LogP) is 3.72. The first-order chi connectivity index (χ1) is 8.69. The molecule has 0 atom stereocenters. The molecule has 0 saturated heterocycles. The highest BCUT2D eigenvalue weighted by Gasteiger charge is 2.04. The van der Waals surface area contributed by atoms with Gasteiger partial charge in [-0.15, -0.1) is 11.8 Å². The van der Waals surface area contributed by atoms with Crippen LogP contribution in [0.15, 0.2) is 47.4 Å². The topological polar surface area (TPSA) is 26.0 Å². The normalized spacial score (nSPS) is 10.6. The molecule has 0 saturated carbocycles. The van der Waals surface area contributed by atoms with Gasteiger partial charge in [0.25, 0.3) is 0 Å². The van der Waals surface area contributed by atoms with E-state index in [1.807, 2.05) is 0 Å². The lowest BCUT2D eigenvalue weighted by molar-refractivity contribution is 0.625. The van der Waals surface area contributed by atoms with Crippen LogP contribution in [0.2, 0.25) is 0 Å². The van der Waals surface area contributed by atoms with E-state index in [9.17, 15) is 8.78 Å². The van der Waals surface area contributed by atoms with Crippen molar-refractivity contribution in [2.45, 2.75) is 17.2 Å². The fourth-order valence-electron chi connectivity index (χ4n) is 1.62. The molecular formula is C14H13F2NS. The van der Waals surface area contributed by atoms with Crippen LogP contribution in [0.1, 0.15) is 11.1 Å². The van der Waals surface area contributed by atoms with E-state index in [0.29, 0.717) is 12.3 Å². The maximum absolute atomic E-state index is 13.2. The zero-order valence-corrected chi connectivity index (χ0v) is 10.5. The van der Waals surface area contributed by atoms with E-state index in [0.717, 1.165) is 16.0 Å². The molecule has 2 N–H and O–H groups in total. The standard InChI is InChI=1S/C14H13F2NS/c15-12-3-5-14(6-4-12)18-9-11-7-13(16)2-1-10(11)8-17/h1-7H,8-9,17H2. The van der Waals surface area contributed by atoms with E-state index in [2.05, 4.69) is 0 Å². The molecule has 2 rings (SSSR count). The second-order valence-corrected chi connectivity index (χ2v) is 4.91. The Hall–Kier alpha value is -1.39. The van der Waals surface area contributed by atoms with Gasteiger partial charge >= 0.3 is 0 Å². The smallest absolute Gasteiger partial charge is 0.123 e. The Balaban J connectivity index is 2.09. The highest BCUT2D eigenvalue weighted by molar-refractivity contribution is 7.98. The maximum Gasteiger partial charge on any atom is 0.123 e. The Labute approximate surface area is 109 Å². The van der Waals surface area contributed by atoms with Crippen LogP contribution >= 0.6 is 11.8 Å². The second kappa shape index (κ2) is 5.98.